The van der Waals surface area contributed by atoms with Crippen molar-refractivity contribution in [3.8, 4) is 5.75 Å². The van der Waals surface area contributed by atoms with Gasteiger partial charge >= 0.3 is 11.9 Å². The van der Waals surface area contributed by atoms with Crippen molar-refractivity contribution in [1.82, 2.24) is 10.3 Å². The molecular weight excluding hydrogens is 406 g/mol. The number of carbonyl (C=O) groups is 4. The average Bonchev–Trinajstić information content (AvgIpc) is 3.04. The first-order chi connectivity index (χ1) is 14.7. The first-order valence-electron chi connectivity index (χ1n) is 9.33. The molecule has 0 atom stereocenters. The Morgan fingerprint density at radius 2 is 1.71 bits per heavy atom. The van der Waals surface area contributed by atoms with Gasteiger partial charge < -0.3 is 29.8 Å². The molecule has 10 heteroatoms. The number of aryl methyl sites for hydroxylation is 2. The fourth-order valence-electron chi connectivity index (χ4n) is 2.91. The van der Waals surface area contributed by atoms with Crippen molar-refractivity contribution >= 4 is 29.4 Å². The van der Waals surface area contributed by atoms with Gasteiger partial charge in [-0.25, -0.2) is 9.59 Å². The molecule has 3 N–H and O–H groups in total. The molecule has 0 aliphatic carbocycles. The fourth-order valence-corrected chi connectivity index (χ4v) is 2.91. The highest BCUT2D eigenvalue weighted by atomic mass is 16.5. The zero-order valence-electron chi connectivity index (χ0n) is 18.0. The Labute approximate surface area is 179 Å². The molecule has 2 rings (SSSR count). The van der Waals surface area contributed by atoms with Crippen LogP contribution in [0, 0.1) is 20.8 Å². The molecule has 0 aliphatic heterocycles. The van der Waals surface area contributed by atoms with E-state index in [4.69, 9.17) is 9.47 Å². The van der Waals surface area contributed by atoms with Crippen molar-refractivity contribution in [1.29, 1.82) is 0 Å². The van der Waals surface area contributed by atoms with Gasteiger partial charge in [0.25, 0.3) is 5.91 Å². The molecule has 0 bridgehead atoms. The number of anilines is 1. The molecule has 1 aromatic carbocycles. The van der Waals surface area contributed by atoms with Gasteiger partial charge in [-0.05, 0) is 44.0 Å². The lowest BCUT2D eigenvalue weighted by Crippen LogP contribution is -2.35. The summed E-state index contributed by atoms with van der Waals surface area (Å²) in [4.78, 5) is 50.8. The predicted octanol–water partition coefficient (Wildman–Crippen LogP) is 1.65. The minimum atomic E-state index is -0.806. The third-order valence-electron chi connectivity index (χ3n) is 4.44. The van der Waals surface area contributed by atoms with Crippen LogP contribution in [-0.2, 0) is 19.1 Å². The van der Waals surface area contributed by atoms with Gasteiger partial charge in [0, 0.05) is 5.69 Å². The Morgan fingerprint density at radius 3 is 2.35 bits per heavy atom. The topological polar surface area (TPSA) is 136 Å². The Kier molecular flexibility index (Phi) is 7.78. The van der Waals surface area contributed by atoms with E-state index in [2.05, 4.69) is 20.4 Å². The average molecular weight is 431 g/mol. The maximum absolute atomic E-state index is 12.2. The van der Waals surface area contributed by atoms with Crippen LogP contribution in [0.4, 0.5) is 5.69 Å². The van der Waals surface area contributed by atoms with Crippen molar-refractivity contribution in [3.05, 3.63) is 46.3 Å². The lowest BCUT2D eigenvalue weighted by molar-refractivity contribution is -0.126. The van der Waals surface area contributed by atoms with E-state index in [-0.39, 0.29) is 17.8 Å². The fraction of sp³-hybridized carbons (Fsp3) is 0.333. The number of aromatic nitrogens is 1. The molecule has 0 fully saturated rings. The number of hydrogen-bond donors (Lipinski definition) is 3. The largest absolute Gasteiger partial charge is 0.495 e. The van der Waals surface area contributed by atoms with Crippen LogP contribution in [0.1, 0.15) is 37.7 Å². The number of methoxy groups -OCH3 is 2. The van der Waals surface area contributed by atoms with Gasteiger partial charge in [-0.15, -0.1) is 0 Å². The first kappa shape index (κ1) is 23.5. The summed E-state index contributed by atoms with van der Waals surface area (Å²) in [5.74, 6) is -2.03. The SMILES string of the molecule is COC(=O)c1c(C)[nH]c(C(=O)OCC(=O)NCC(=O)Nc2cc(C)ccc2OC)c1C. The van der Waals surface area contributed by atoms with Gasteiger partial charge in [-0.3, -0.25) is 9.59 Å². The van der Waals surface area contributed by atoms with Crippen molar-refractivity contribution < 1.29 is 33.4 Å². The molecule has 1 aromatic heterocycles. The molecule has 31 heavy (non-hydrogen) atoms. The van der Waals surface area contributed by atoms with Gasteiger partial charge in [-0.2, -0.15) is 0 Å². The number of esters is 2. The molecule has 10 nitrogen and oxygen atoms in total. The monoisotopic (exact) mass is 431 g/mol. The maximum Gasteiger partial charge on any atom is 0.355 e. The molecule has 0 spiro atoms. The summed E-state index contributed by atoms with van der Waals surface area (Å²) in [5.41, 5.74) is 2.51. The van der Waals surface area contributed by atoms with Gasteiger partial charge in [0.05, 0.1) is 32.0 Å². The molecule has 0 unspecified atom stereocenters. The molecule has 2 aromatic rings. The number of hydrogen-bond acceptors (Lipinski definition) is 7. The Balaban J connectivity index is 1.87. The Hall–Kier alpha value is -3.82. The van der Waals surface area contributed by atoms with Crippen LogP contribution in [0.3, 0.4) is 0 Å². The minimum Gasteiger partial charge on any atom is -0.495 e. The van der Waals surface area contributed by atoms with E-state index < -0.39 is 30.4 Å². The van der Waals surface area contributed by atoms with Crippen LogP contribution in [0.5, 0.6) is 5.75 Å². The number of benzene rings is 1. The summed E-state index contributed by atoms with van der Waals surface area (Å²) >= 11 is 0. The van der Waals surface area contributed by atoms with Crippen molar-refractivity contribution in [2.45, 2.75) is 20.8 Å². The molecule has 2 amide bonds. The number of rotatable bonds is 8. The lowest BCUT2D eigenvalue weighted by atomic mass is 10.1. The third-order valence-corrected chi connectivity index (χ3v) is 4.44. The molecule has 0 saturated carbocycles. The van der Waals surface area contributed by atoms with E-state index in [0.29, 0.717) is 22.7 Å². The van der Waals surface area contributed by atoms with Gasteiger partial charge in [0.15, 0.2) is 6.61 Å². The third kappa shape index (κ3) is 5.84. The number of ether oxygens (including phenoxy) is 3. The van der Waals surface area contributed by atoms with E-state index in [1.807, 2.05) is 13.0 Å². The van der Waals surface area contributed by atoms with Gasteiger partial charge in [0.2, 0.25) is 5.91 Å². The summed E-state index contributed by atoms with van der Waals surface area (Å²) < 4.78 is 14.8. The van der Waals surface area contributed by atoms with Crippen LogP contribution >= 0.6 is 0 Å². The van der Waals surface area contributed by atoms with Crippen LogP contribution in [0.25, 0.3) is 0 Å². The van der Waals surface area contributed by atoms with Gasteiger partial charge in [0.1, 0.15) is 11.4 Å². The zero-order chi connectivity index (χ0) is 23.1. The molecular formula is C21H25N3O7. The second kappa shape index (κ2) is 10.3. The van der Waals surface area contributed by atoms with E-state index in [1.54, 1.807) is 26.0 Å². The van der Waals surface area contributed by atoms with Gasteiger partial charge in [-0.1, -0.05) is 6.07 Å². The van der Waals surface area contributed by atoms with Crippen molar-refractivity contribution in [2.75, 3.05) is 32.7 Å². The zero-order valence-corrected chi connectivity index (χ0v) is 18.0. The number of H-pyrrole nitrogens is 1. The first-order valence-corrected chi connectivity index (χ1v) is 9.33. The number of amides is 2. The van der Waals surface area contributed by atoms with Crippen LogP contribution in [-0.4, -0.2) is 56.1 Å². The number of aromatic amines is 1. The maximum atomic E-state index is 12.2. The Bertz CT molecular complexity index is 1010. The highest BCUT2D eigenvalue weighted by Crippen LogP contribution is 2.25. The standard InChI is InChI=1S/C21H25N3O7/c1-11-6-7-15(29-4)14(8-11)24-16(25)9-22-17(26)10-31-21(28)19-12(2)18(13(3)23-19)20(27)30-5/h6-8,23H,9-10H2,1-5H3,(H,22,26)(H,24,25). The van der Waals surface area contributed by atoms with E-state index in [9.17, 15) is 19.2 Å². The van der Waals surface area contributed by atoms with Crippen LogP contribution in [0.15, 0.2) is 18.2 Å². The van der Waals surface area contributed by atoms with Crippen LogP contribution < -0.4 is 15.4 Å². The number of carbonyl (C=O) groups excluding carboxylic acids is 4. The van der Waals surface area contributed by atoms with Crippen molar-refractivity contribution in [3.63, 3.8) is 0 Å². The summed E-state index contributed by atoms with van der Waals surface area (Å²) in [6.45, 7) is 4.14. The number of nitrogens with one attached hydrogen (secondary N) is 3. The van der Waals surface area contributed by atoms with E-state index >= 15 is 0 Å². The summed E-state index contributed by atoms with van der Waals surface area (Å²) in [6, 6.07) is 5.30. The predicted molar refractivity (Wildman–Crippen MR) is 111 cm³/mol. The second-order valence-electron chi connectivity index (χ2n) is 6.72. The summed E-state index contributed by atoms with van der Waals surface area (Å²) in [6.07, 6.45) is 0. The highest BCUT2D eigenvalue weighted by molar-refractivity contribution is 5.99. The molecule has 0 aliphatic rings. The summed E-state index contributed by atoms with van der Waals surface area (Å²) in [5, 5.41) is 5.01. The molecule has 0 radical (unpaired) electrons. The second-order valence-corrected chi connectivity index (χ2v) is 6.72. The minimum absolute atomic E-state index is 0.0509. The van der Waals surface area contributed by atoms with Crippen molar-refractivity contribution in [2.24, 2.45) is 0 Å². The summed E-state index contributed by atoms with van der Waals surface area (Å²) in [7, 11) is 2.72. The normalized spacial score (nSPS) is 10.2. The lowest BCUT2D eigenvalue weighted by Gasteiger charge is -2.11. The molecule has 166 valence electrons. The quantitative estimate of drug-likeness (QED) is 0.541. The molecule has 1 heterocycles. The smallest absolute Gasteiger partial charge is 0.355 e. The highest BCUT2D eigenvalue weighted by Gasteiger charge is 2.23. The van der Waals surface area contributed by atoms with Crippen LogP contribution in [0.2, 0.25) is 0 Å². The van der Waals surface area contributed by atoms with E-state index in [1.165, 1.54) is 14.2 Å². The van der Waals surface area contributed by atoms with E-state index in [0.717, 1.165) is 5.56 Å². The molecule has 0 saturated heterocycles. The Morgan fingerprint density at radius 1 is 1.00 bits per heavy atom.